The molecule has 0 bridgehead atoms. The number of hydrogen-bond acceptors (Lipinski definition) is 4. The lowest BCUT2D eigenvalue weighted by molar-refractivity contribution is -0.121. The van der Waals surface area contributed by atoms with Crippen molar-refractivity contribution in [3.8, 4) is 0 Å². The molecule has 0 saturated heterocycles. The van der Waals surface area contributed by atoms with Crippen LogP contribution >= 0.6 is 0 Å². The van der Waals surface area contributed by atoms with Crippen LogP contribution in [0.25, 0.3) is 0 Å². The number of amides is 2. The minimum atomic E-state index is -0.484. The van der Waals surface area contributed by atoms with Crippen LogP contribution in [-0.2, 0) is 9.53 Å². The van der Waals surface area contributed by atoms with Crippen LogP contribution in [-0.4, -0.2) is 37.0 Å². The van der Waals surface area contributed by atoms with E-state index in [0.29, 0.717) is 24.6 Å². The van der Waals surface area contributed by atoms with Gasteiger partial charge < -0.3 is 15.4 Å². The van der Waals surface area contributed by atoms with E-state index >= 15 is 0 Å². The number of benzene rings is 1. The molecule has 0 spiro atoms. The molecule has 150 valence electrons. The molecule has 0 aliphatic rings. The molecule has 1 atom stereocenters. The first-order valence-electron chi connectivity index (χ1n) is 9.53. The fourth-order valence-electron chi connectivity index (χ4n) is 2.83. The van der Waals surface area contributed by atoms with Crippen molar-refractivity contribution in [3.05, 3.63) is 34.9 Å². The van der Waals surface area contributed by atoms with E-state index in [4.69, 9.17) is 4.74 Å². The molecule has 6 nitrogen and oxygen atoms in total. The maximum Gasteiger partial charge on any atom is 0.407 e. The molecule has 0 radical (unpaired) electrons. The second-order valence-electron chi connectivity index (χ2n) is 7.24. The zero-order chi connectivity index (χ0) is 20.4. The Morgan fingerprint density at radius 1 is 1.11 bits per heavy atom. The van der Waals surface area contributed by atoms with Crippen molar-refractivity contribution in [2.45, 2.75) is 59.9 Å². The highest BCUT2D eigenvalue weighted by Gasteiger charge is 2.17. The Morgan fingerprint density at radius 3 is 2.44 bits per heavy atom. The molecule has 0 aliphatic heterocycles. The van der Waals surface area contributed by atoms with E-state index in [1.807, 2.05) is 45.9 Å². The number of Topliss-reactive ketones (excluding diaryl/α,β-unsaturated/α-hetero) is 1. The molecule has 2 N–H and O–H groups in total. The molecule has 1 unspecified atom stereocenters. The smallest absolute Gasteiger partial charge is 0.407 e. The Hall–Kier alpha value is -2.37. The SMILES string of the molecule is CCOC(=O)NC(CNC(=O)CCC(=O)c1cc(C)ccc1C)CC(C)C. The van der Waals surface area contributed by atoms with Gasteiger partial charge in [0.25, 0.3) is 0 Å². The van der Waals surface area contributed by atoms with E-state index < -0.39 is 6.09 Å². The van der Waals surface area contributed by atoms with E-state index in [1.54, 1.807) is 6.92 Å². The number of hydrogen-bond donors (Lipinski definition) is 2. The lowest BCUT2D eigenvalue weighted by atomic mass is 9.99. The Morgan fingerprint density at radius 2 is 1.81 bits per heavy atom. The van der Waals surface area contributed by atoms with Crippen LogP contribution < -0.4 is 10.6 Å². The Bertz CT molecular complexity index is 656. The number of carbonyl (C=O) groups is 3. The van der Waals surface area contributed by atoms with Crippen molar-refractivity contribution in [1.82, 2.24) is 10.6 Å². The summed E-state index contributed by atoms with van der Waals surface area (Å²) in [6.45, 7) is 10.3. The lowest BCUT2D eigenvalue weighted by Gasteiger charge is -2.20. The fourth-order valence-corrected chi connectivity index (χ4v) is 2.83. The molecule has 0 fully saturated rings. The van der Waals surface area contributed by atoms with Gasteiger partial charge in [-0.2, -0.15) is 0 Å². The lowest BCUT2D eigenvalue weighted by Crippen LogP contribution is -2.44. The van der Waals surface area contributed by atoms with Crippen LogP contribution in [0.1, 0.15) is 61.5 Å². The molecule has 0 aliphatic carbocycles. The summed E-state index contributed by atoms with van der Waals surface area (Å²) in [5.74, 6) is 0.127. The minimum absolute atomic E-state index is 0.0327. The third kappa shape index (κ3) is 8.71. The molecule has 1 rings (SSSR count). The maximum atomic E-state index is 12.4. The Balaban J connectivity index is 2.50. The number of rotatable bonds is 10. The van der Waals surface area contributed by atoms with Crippen molar-refractivity contribution in [2.75, 3.05) is 13.2 Å². The highest BCUT2D eigenvalue weighted by molar-refractivity contribution is 5.99. The molecule has 27 heavy (non-hydrogen) atoms. The summed E-state index contributed by atoms with van der Waals surface area (Å²) in [6, 6.07) is 5.53. The summed E-state index contributed by atoms with van der Waals surface area (Å²) >= 11 is 0. The molecule has 0 aromatic heterocycles. The zero-order valence-corrected chi connectivity index (χ0v) is 17.1. The Kier molecular flexibility index (Phi) is 9.54. The first-order valence-corrected chi connectivity index (χ1v) is 9.53. The molecule has 6 heteroatoms. The first kappa shape index (κ1) is 22.7. The van der Waals surface area contributed by atoms with Gasteiger partial charge in [-0.25, -0.2) is 4.79 Å². The molecular formula is C21H32N2O4. The van der Waals surface area contributed by atoms with Crippen LogP contribution in [0.5, 0.6) is 0 Å². The molecule has 1 aromatic rings. The van der Waals surface area contributed by atoms with Gasteiger partial charge >= 0.3 is 6.09 Å². The average molecular weight is 376 g/mol. The van der Waals surface area contributed by atoms with Gasteiger partial charge in [-0.05, 0) is 44.7 Å². The van der Waals surface area contributed by atoms with Gasteiger partial charge in [0.15, 0.2) is 5.78 Å². The van der Waals surface area contributed by atoms with E-state index in [-0.39, 0.29) is 30.6 Å². The van der Waals surface area contributed by atoms with Crippen LogP contribution in [0.15, 0.2) is 18.2 Å². The predicted octanol–water partition coefficient (Wildman–Crippen LogP) is 3.54. The zero-order valence-electron chi connectivity index (χ0n) is 17.1. The fraction of sp³-hybridized carbons (Fsp3) is 0.571. The van der Waals surface area contributed by atoms with Gasteiger partial charge in [-0.15, -0.1) is 0 Å². The minimum Gasteiger partial charge on any atom is -0.450 e. The summed E-state index contributed by atoms with van der Waals surface area (Å²) in [6.07, 6.45) is 0.527. The highest BCUT2D eigenvalue weighted by atomic mass is 16.5. The maximum absolute atomic E-state index is 12.4. The topological polar surface area (TPSA) is 84.5 Å². The summed E-state index contributed by atoms with van der Waals surface area (Å²) in [4.78, 5) is 36.1. The van der Waals surface area contributed by atoms with Gasteiger partial charge in [-0.3, -0.25) is 9.59 Å². The Labute approximate surface area is 162 Å². The van der Waals surface area contributed by atoms with E-state index in [9.17, 15) is 14.4 Å². The van der Waals surface area contributed by atoms with Gasteiger partial charge in [0.1, 0.15) is 0 Å². The standard InChI is InChI=1S/C21H32N2O4/c1-6-27-21(26)23-17(11-14(2)3)13-22-20(25)10-9-19(24)18-12-15(4)7-8-16(18)5/h7-8,12,14,17H,6,9-11,13H2,1-5H3,(H,22,25)(H,23,26). The van der Waals surface area contributed by atoms with Crippen LogP contribution in [0.2, 0.25) is 0 Å². The van der Waals surface area contributed by atoms with E-state index in [2.05, 4.69) is 10.6 Å². The molecule has 2 amide bonds. The van der Waals surface area contributed by atoms with Gasteiger partial charge in [-0.1, -0.05) is 31.5 Å². The summed E-state index contributed by atoms with van der Waals surface area (Å²) < 4.78 is 4.90. The van der Waals surface area contributed by atoms with Crippen molar-refractivity contribution in [1.29, 1.82) is 0 Å². The van der Waals surface area contributed by atoms with Crippen LogP contribution in [0, 0.1) is 19.8 Å². The van der Waals surface area contributed by atoms with Crippen molar-refractivity contribution in [3.63, 3.8) is 0 Å². The van der Waals surface area contributed by atoms with Gasteiger partial charge in [0, 0.05) is 31.0 Å². The number of alkyl carbamates (subject to hydrolysis) is 1. The molecular weight excluding hydrogens is 344 g/mol. The van der Waals surface area contributed by atoms with Gasteiger partial charge in [0.05, 0.1) is 6.61 Å². The molecule has 0 heterocycles. The largest absolute Gasteiger partial charge is 0.450 e. The highest BCUT2D eigenvalue weighted by Crippen LogP contribution is 2.14. The summed E-state index contributed by atoms with van der Waals surface area (Å²) in [5.41, 5.74) is 2.61. The van der Waals surface area contributed by atoms with Crippen molar-refractivity contribution in [2.24, 2.45) is 5.92 Å². The second-order valence-corrected chi connectivity index (χ2v) is 7.24. The van der Waals surface area contributed by atoms with E-state index in [1.165, 1.54) is 0 Å². The first-order chi connectivity index (χ1) is 12.7. The monoisotopic (exact) mass is 376 g/mol. The quantitative estimate of drug-likeness (QED) is 0.612. The number of aryl methyl sites for hydroxylation is 2. The van der Waals surface area contributed by atoms with Crippen molar-refractivity contribution < 1.29 is 19.1 Å². The predicted molar refractivity (Wildman–Crippen MR) is 106 cm³/mol. The summed E-state index contributed by atoms with van der Waals surface area (Å²) in [5, 5.41) is 5.57. The number of carbonyl (C=O) groups excluding carboxylic acids is 3. The average Bonchev–Trinajstić information content (AvgIpc) is 2.59. The summed E-state index contributed by atoms with van der Waals surface area (Å²) in [7, 11) is 0. The molecule has 1 aromatic carbocycles. The normalized spacial score (nSPS) is 11.8. The van der Waals surface area contributed by atoms with E-state index in [0.717, 1.165) is 17.5 Å². The van der Waals surface area contributed by atoms with Crippen molar-refractivity contribution >= 4 is 17.8 Å². The van der Waals surface area contributed by atoms with Crippen LogP contribution in [0.3, 0.4) is 0 Å². The third-order valence-electron chi connectivity index (χ3n) is 4.17. The number of ether oxygens (including phenoxy) is 1. The number of ketones is 1. The molecule has 0 saturated carbocycles. The van der Waals surface area contributed by atoms with Gasteiger partial charge in [0.2, 0.25) is 5.91 Å². The third-order valence-corrected chi connectivity index (χ3v) is 4.17. The van der Waals surface area contributed by atoms with Crippen LogP contribution in [0.4, 0.5) is 4.79 Å². The number of nitrogens with one attached hydrogen (secondary N) is 2. The second kappa shape index (κ2) is 11.4.